The first-order valence-corrected chi connectivity index (χ1v) is 41.6. The summed E-state index contributed by atoms with van der Waals surface area (Å²) in [6.45, 7) is 6.04. The van der Waals surface area contributed by atoms with Gasteiger partial charge in [0.2, 0.25) is 100 Å². The van der Waals surface area contributed by atoms with Crippen LogP contribution < -0.4 is 136 Å². The van der Waals surface area contributed by atoms with E-state index in [4.69, 9.17) is 51.0 Å². The number of carboxylic acids is 1. The van der Waals surface area contributed by atoms with Crippen LogP contribution >= 0.6 is 0 Å². The lowest BCUT2D eigenvalue weighted by Crippen LogP contribution is -2.61. The third kappa shape index (κ3) is 46.1. The average molecular weight is 1800 g/mol. The normalized spacial score (nSPS) is 14.5. The Morgan fingerprint density at radius 2 is 0.764 bits per heavy atom. The van der Waals surface area contributed by atoms with Gasteiger partial charge in [0, 0.05) is 38.5 Å². The zero-order valence-corrected chi connectivity index (χ0v) is 72.4. The molecule has 0 aliphatic heterocycles. The van der Waals surface area contributed by atoms with Crippen molar-refractivity contribution in [2.45, 2.75) is 235 Å². The SMILES string of the molecule is CC(C)C[C@H](NC(=O)[C@H](CCCCN)NC(=O)[C@H](CCCNC(=N)N)NC(=O)[C@H](C)NC(=O)[C@H](CO)NC(=O)[C@H](CCCCN)NC(=O)[C@H](CCCNC(=N)N)NC(=O)[C@H](C)NC(=O)CNC(=O)[C@@H](NC(=O)[C@H](Cc1ccccc1)NC(=O)CNC(=O)CNC[C@@H](N)Cc1ccccc1)[C@@H](C)O)C(=O)N[C@@H](C)C(=O)N[C@@H](CC(N)=O)C(=O)N[C@@H](CCC(N)=O)C(=O)O. The van der Waals surface area contributed by atoms with Crippen molar-refractivity contribution in [3.05, 3.63) is 71.8 Å². The Bertz CT molecular complexity index is 3980. The van der Waals surface area contributed by atoms with Crippen molar-refractivity contribution in [3.8, 4) is 0 Å². The van der Waals surface area contributed by atoms with Gasteiger partial charge < -0.3 is 151 Å². The van der Waals surface area contributed by atoms with E-state index in [0.717, 1.165) is 5.56 Å². The third-order valence-corrected chi connectivity index (χ3v) is 19.1. The van der Waals surface area contributed by atoms with Crippen molar-refractivity contribution >= 4 is 118 Å². The highest BCUT2D eigenvalue weighted by atomic mass is 16.4. The molecule has 0 heterocycles. The highest BCUT2D eigenvalue weighted by Gasteiger charge is 2.38. The summed E-state index contributed by atoms with van der Waals surface area (Å²) in [7, 11) is 0. The summed E-state index contributed by atoms with van der Waals surface area (Å²) in [5.74, 6) is -19.3. The first-order valence-electron chi connectivity index (χ1n) is 41.6. The standard InChI is InChI=1S/C79H131N27O21/c1-42(2)33-55(72(121)95-45(5)67(116)103-57(36-60(84)110)73(122)102-54(77(126)127)27-28-59(83)109)104-70(119)50(23-13-15-29-80)100-69(118)53(26-18-32-91-79(87)88)99-66(115)44(4)96-75(124)58(41-107)105-71(120)51(24-14-16-30-81)101-68(117)52(25-17-31-90-78(85)86)98-65(114)43(3)94-62(112)40-93-76(125)64(46(6)108)106-74(123)56(35-48-21-11-8-12-22-48)97-63(113)39-92-61(111)38-89-37-49(82)34-47-19-9-7-10-20-47/h7-12,19-22,42-46,49-58,64,89,107-108H,13-18,23-41,80-82H2,1-6H3,(H2,83,109)(H2,84,110)(H,92,111)(H,93,125)(H,94,112)(H,95,121)(H,96,124)(H,97,113)(H,98,114)(H,99,115)(H,100,118)(H,101,117)(H,102,122)(H,103,116)(H,104,119)(H,105,120)(H,106,123)(H,126,127)(H4,85,86,90)(H4,87,88,91)/t43-,44-,45-,46+,49-,50-,51-,52-,53-,54-,55-,56-,57-,58-,64-/m0/s1. The van der Waals surface area contributed by atoms with E-state index in [1.165, 1.54) is 27.7 Å². The van der Waals surface area contributed by atoms with Crippen LogP contribution in [0.5, 0.6) is 0 Å². The van der Waals surface area contributed by atoms with Crippen molar-refractivity contribution in [2.75, 3.05) is 59.0 Å². The summed E-state index contributed by atoms with van der Waals surface area (Å²) in [5.41, 5.74) is 40.7. The molecule has 17 amide bonds. The molecule has 37 N–H and O–H groups in total. The molecule has 0 aliphatic carbocycles. The van der Waals surface area contributed by atoms with Crippen LogP contribution in [-0.2, 0) is 99.1 Å². The zero-order chi connectivity index (χ0) is 95.4. The molecule has 0 saturated carbocycles. The zero-order valence-electron chi connectivity index (χ0n) is 72.4. The van der Waals surface area contributed by atoms with Gasteiger partial charge in [-0.25, -0.2) is 4.79 Å². The summed E-state index contributed by atoms with van der Waals surface area (Å²) in [5, 5.41) is 90.4. The van der Waals surface area contributed by atoms with E-state index in [9.17, 15) is 102 Å². The third-order valence-electron chi connectivity index (χ3n) is 19.1. The fourth-order valence-corrected chi connectivity index (χ4v) is 12.2. The number of aliphatic hydroxyl groups is 2. The van der Waals surface area contributed by atoms with Gasteiger partial charge in [0.1, 0.15) is 78.5 Å². The fourth-order valence-electron chi connectivity index (χ4n) is 12.2. The molecule has 0 aliphatic rings. The highest BCUT2D eigenvalue weighted by molar-refractivity contribution is 6.01. The van der Waals surface area contributed by atoms with Gasteiger partial charge >= 0.3 is 5.97 Å². The highest BCUT2D eigenvalue weighted by Crippen LogP contribution is 2.13. The number of guanidine groups is 2. The van der Waals surface area contributed by atoms with Gasteiger partial charge in [0.25, 0.3) is 0 Å². The number of hydrogen-bond donors (Lipinski definition) is 30. The number of benzene rings is 2. The van der Waals surface area contributed by atoms with Crippen molar-refractivity contribution in [2.24, 2.45) is 46.1 Å². The lowest BCUT2D eigenvalue weighted by molar-refractivity contribution is -0.143. The maximum atomic E-state index is 14.4. The second-order valence-corrected chi connectivity index (χ2v) is 30.7. The topological polar surface area (TPSA) is 814 Å². The number of primary amides is 2. The monoisotopic (exact) mass is 1790 g/mol. The fraction of sp³-hybridized carbons (Fsp3) is 0.595. The molecule has 0 bridgehead atoms. The number of rotatable bonds is 63. The molecule has 48 heteroatoms. The van der Waals surface area contributed by atoms with Gasteiger partial charge in [-0.05, 0) is 141 Å². The molecule has 48 nitrogen and oxygen atoms in total. The number of nitrogens with one attached hydrogen (secondary N) is 20. The molecule has 708 valence electrons. The minimum Gasteiger partial charge on any atom is -0.480 e. The van der Waals surface area contributed by atoms with Crippen LogP contribution in [0.15, 0.2) is 60.7 Å². The quantitative estimate of drug-likeness (QED) is 0.0166. The number of hydrogen-bond acceptors (Lipinski definition) is 26. The number of aliphatic carboxylic acids is 1. The van der Waals surface area contributed by atoms with Crippen LogP contribution in [0, 0.1) is 16.7 Å². The number of aliphatic hydroxyl groups excluding tert-OH is 2. The van der Waals surface area contributed by atoms with E-state index in [-0.39, 0.29) is 115 Å². The van der Waals surface area contributed by atoms with Crippen LogP contribution in [0.4, 0.5) is 0 Å². The van der Waals surface area contributed by atoms with Crippen LogP contribution in [0.2, 0.25) is 0 Å². The van der Waals surface area contributed by atoms with E-state index in [2.05, 4.69) is 95.7 Å². The number of amides is 17. The van der Waals surface area contributed by atoms with Crippen LogP contribution in [0.1, 0.15) is 143 Å². The van der Waals surface area contributed by atoms with Crippen molar-refractivity contribution in [1.82, 2.24) is 95.7 Å². The Labute approximate surface area is 735 Å². The lowest BCUT2D eigenvalue weighted by atomic mass is 10.0. The van der Waals surface area contributed by atoms with E-state index in [1.807, 2.05) is 30.3 Å². The maximum absolute atomic E-state index is 14.4. The summed E-state index contributed by atoms with van der Waals surface area (Å²) in [6.07, 6.45) is -2.48. The van der Waals surface area contributed by atoms with Crippen LogP contribution in [-0.4, -0.2) is 283 Å². The first-order chi connectivity index (χ1) is 60.0. The molecule has 0 saturated heterocycles. The molecule has 0 radical (unpaired) electrons. The largest absolute Gasteiger partial charge is 0.480 e. The van der Waals surface area contributed by atoms with Gasteiger partial charge in [-0.3, -0.25) is 92.3 Å². The minimum absolute atomic E-state index is 0.00454. The second-order valence-electron chi connectivity index (χ2n) is 30.7. The molecule has 2 rings (SSSR count). The van der Waals surface area contributed by atoms with Gasteiger partial charge in [-0.15, -0.1) is 0 Å². The molecule has 15 atom stereocenters. The number of unbranched alkanes of at least 4 members (excludes halogenated alkanes) is 2. The number of nitrogens with two attached hydrogens (primary N) is 7. The predicted octanol–water partition coefficient (Wildman–Crippen LogP) is -10.6. The van der Waals surface area contributed by atoms with E-state index in [1.54, 1.807) is 44.2 Å². The number of carbonyl (C=O) groups excluding carboxylic acids is 17. The molecular weight excluding hydrogens is 1660 g/mol. The van der Waals surface area contributed by atoms with Crippen molar-refractivity contribution < 1.29 is 102 Å². The average Bonchev–Trinajstić information content (AvgIpc) is 0.866. The molecular formula is C79H131N27O21. The Morgan fingerprint density at radius 3 is 1.20 bits per heavy atom. The molecule has 127 heavy (non-hydrogen) atoms. The van der Waals surface area contributed by atoms with Crippen LogP contribution in [0.3, 0.4) is 0 Å². The Balaban J connectivity index is 2.30. The molecule has 2 aromatic carbocycles. The summed E-state index contributed by atoms with van der Waals surface area (Å²) in [4.78, 5) is 242. The lowest BCUT2D eigenvalue weighted by Gasteiger charge is -2.28. The predicted molar refractivity (Wildman–Crippen MR) is 461 cm³/mol. The Hall–Kier alpha value is -12.8. The van der Waals surface area contributed by atoms with Crippen LogP contribution in [0.25, 0.3) is 0 Å². The van der Waals surface area contributed by atoms with Gasteiger partial charge in [-0.2, -0.15) is 0 Å². The van der Waals surface area contributed by atoms with Gasteiger partial charge in [0.15, 0.2) is 11.9 Å². The first kappa shape index (κ1) is 110. The van der Waals surface area contributed by atoms with Crippen molar-refractivity contribution in [1.29, 1.82) is 10.8 Å². The van der Waals surface area contributed by atoms with E-state index in [0.29, 0.717) is 24.8 Å². The maximum Gasteiger partial charge on any atom is 0.326 e. The van der Waals surface area contributed by atoms with E-state index < -0.39 is 242 Å². The molecule has 0 aromatic heterocycles. The summed E-state index contributed by atoms with van der Waals surface area (Å²) in [6, 6.07) is -2.76. The molecule has 0 spiro atoms. The minimum atomic E-state index is -1.84. The molecule has 0 fully saturated rings. The molecule has 2 aromatic rings. The smallest absolute Gasteiger partial charge is 0.326 e. The number of carbonyl (C=O) groups is 18. The second kappa shape index (κ2) is 59.9. The Kier molecular flexibility index (Phi) is 52.0. The Morgan fingerprint density at radius 1 is 0.378 bits per heavy atom. The van der Waals surface area contributed by atoms with Crippen molar-refractivity contribution in [3.63, 3.8) is 0 Å². The van der Waals surface area contributed by atoms with Gasteiger partial charge in [0.05, 0.1) is 38.8 Å². The summed E-state index contributed by atoms with van der Waals surface area (Å²) >= 11 is 0. The molecule has 0 unspecified atom stereocenters. The number of carboxylic acid groups (broad SMARTS) is 1. The van der Waals surface area contributed by atoms with Gasteiger partial charge in [-0.1, -0.05) is 74.5 Å². The van der Waals surface area contributed by atoms with E-state index >= 15 is 0 Å². The summed E-state index contributed by atoms with van der Waals surface area (Å²) < 4.78 is 0.